The Hall–Kier alpha value is -2.49. The summed E-state index contributed by atoms with van der Waals surface area (Å²) < 4.78 is 6.16. The Bertz CT molecular complexity index is 910. The summed E-state index contributed by atoms with van der Waals surface area (Å²) in [5.74, 6) is 0. The molecule has 0 bridgehead atoms. The number of hydrogen-bond acceptors (Lipinski definition) is 4. The van der Waals surface area contributed by atoms with Gasteiger partial charge in [0.1, 0.15) is 11.7 Å². The molecular formula is C19H21N3O. The summed E-state index contributed by atoms with van der Waals surface area (Å²) in [5, 5.41) is 1.07. The molecule has 0 unspecified atom stereocenters. The van der Waals surface area contributed by atoms with E-state index in [9.17, 15) is 0 Å². The first-order valence-electron chi connectivity index (χ1n) is 8.09. The monoisotopic (exact) mass is 307 g/mol. The molecule has 2 aromatic heterocycles. The van der Waals surface area contributed by atoms with Gasteiger partial charge in [-0.25, -0.2) is 0 Å². The van der Waals surface area contributed by atoms with Gasteiger partial charge in [0, 0.05) is 30.0 Å². The molecule has 0 aliphatic carbocycles. The highest BCUT2D eigenvalue weighted by Gasteiger charge is 2.28. The molecule has 4 heteroatoms. The minimum absolute atomic E-state index is 0.264. The Morgan fingerprint density at radius 3 is 2.74 bits per heavy atom. The van der Waals surface area contributed by atoms with Gasteiger partial charge < -0.3 is 14.2 Å². The predicted molar refractivity (Wildman–Crippen MR) is 94.3 cm³/mol. The highest BCUT2D eigenvalue weighted by Crippen LogP contribution is 2.39. The molecule has 3 aromatic rings. The fourth-order valence-corrected chi connectivity index (χ4v) is 3.47. The van der Waals surface area contributed by atoms with E-state index < -0.39 is 0 Å². The molecule has 3 heterocycles. The maximum absolute atomic E-state index is 6.16. The van der Waals surface area contributed by atoms with Crippen molar-refractivity contribution in [2.24, 2.45) is 0 Å². The molecule has 1 aliphatic heterocycles. The number of rotatable bonds is 2. The van der Waals surface area contributed by atoms with Gasteiger partial charge in [-0.05, 0) is 51.5 Å². The molecule has 0 saturated carbocycles. The Kier molecular flexibility index (Phi) is 3.08. The zero-order chi connectivity index (χ0) is 16.1. The second-order valence-corrected chi connectivity index (χ2v) is 6.44. The lowest BCUT2D eigenvalue weighted by Crippen LogP contribution is -2.39. The van der Waals surface area contributed by atoms with Crippen molar-refractivity contribution in [1.82, 2.24) is 9.88 Å². The second kappa shape index (κ2) is 5.01. The van der Waals surface area contributed by atoms with Gasteiger partial charge >= 0.3 is 0 Å². The van der Waals surface area contributed by atoms with Gasteiger partial charge in [-0.15, -0.1) is 0 Å². The summed E-state index contributed by atoms with van der Waals surface area (Å²) in [6.45, 7) is 8.78. The number of aryl methyl sites for hydroxylation is 1. The number of pyridine rings is 1. The van der Waals surface area contributed by atoms with Crippen molar-refractivity contribution in [2.45, 2.75) is 39.9 Å². The van der Waals surface area contributed by atoms with Crippen LogP contribution in [-0.2, 0) is 0 Å². The largest absolute Gasteiger partial charge is 0.452 e. The van der Waals surface area contributed by atoms with Crippen LogP contribution in [0.15, 0.2) is 47.3 Å². The summed E-state index contributed by atoms with van der Waals surface area (Å²) in [5.41, 5.74) is 5.03. The Morgan fingerprint density at radius 2 is 2.00 bits per heavy atom. The van der Waals surface area contributed by atoms with Crippen molar-refractivity contribution >= 4 is 27.8 Å². The fourth-order valence-electron chi connectivity index (χ4n) is 3.47. The molecule has 118 valence electrons. The van der Waals surface area contributed by atoms with Gasteiger partial charge in [-0.1, -0.05) is 6.07 Å². The maximum Gasteiger partial charge on any atom is 0.161 e. The third-order valence-electron chi connectivity index (χ3n) is 4.66. The molecule has 1 aromatic carbocycles. The van der Waals surface area contributed by atoms with Crippen molar-refractivity contribution in [2.75, 3.05) is 4.90 Å². The van der Waals surface area contributed by atoms with E-state index in [0.29, 0.717) is 6.04 Å². The molecule has 0 amide bonds. The van der Waals surface area contributed by atoms with Crippen LogP contribution in [0.3, 0.4) is 0 Å². The van der Waals surface area contributed by atoms with Gasteiger partial charge in [0.05, 0.1) is 5.69 Å². The Labute approximate surface area is 136 Å². The highest BCUT2D eigenvalue weighted by atomic mass is 16.3. The molecule has 1 atom stereocenters. The van der Waals surface area contributed by atoms with Crippen molar-refractivity contribution in [3.05, 3.63) is 48.4 Å². The topological polar surface area (TPSA) is 32.5 Å². The summed E-state index contributed by atoms with van der Waals surface area (Å²) in [4.78, 5) is 9.13. The number of anilines is 1. The molecule has 4 rings (SSSR count). The number of furan rings is 1. The zero-order valence-corrected chi connectivity index (χ0v) is 13.9. The minimum Gasteiger partial charge on any atom is -0.452 e. The Balaban J connectivity index is 1.93. The molecule has 4 nitrogen and oxygen atoms in total. The predicted octanol–water partition coefficient (Wildman–Crippen LogP) is 4.64. The van der Waals surface area contributed by atoms with Crippen molar-refractivity contribution in [1.29, 1.82) is 0 Å². The molecule has 0 spiro atoms. The average Bonchev–Trinajstić information content (AvgIpc) is 3.08. The quantitative estimate of drug-likeness (QED) is 0.690. The van der Waals surface area contributed by atoms with Gasteiger partial charge in [0.25, 0.3) is 0 Å². The van der Waals surface area contributed by atoms with Crippen molar-refractivity contribution < 1.29 is 4.42 Å². The number of aromatic nitrogens is 1. The van der Waals surface area contributed by atoms with Gasteiger partial charge in [-0.3, -0.25) is 4.98 Å². The third kappa shape index (κ3) is 2.01. The van der Waals surface area contributed by atoms with E-state index in [1.54, 1.807) is 0 Å². The average molecular weight is 307 g/mol. The van der Waals surface area contributed by atoms with Crippen LogP contribution >= 0.6 is 0 Å². The van der Waals surface area contributed by atoms with E-state index >= 15 is 0 Å². The Morgan fingerprint density at radius 1 is 1.17 bits per heavy atom. The molecule has 0 radical (unpaired) electrons. The summed E-state index contributed by atoms with van der Waals surface area (Å²) in [6, 6.07) is 8.61. The van der Waals surface area contributed by atoms with E-state index in [0.717, 1.165) is 27.8 Å². The summed E-state index contributed by atoms with van der Waals surface area (Å²) >= 11 is 0. The normalized spacial score (nSPS) is 18.0. The van der Waals surface area contributed by atoms with Gasteiger partial charge in [0.2, 0.25) is 0 Å². The minimum atomic E-state index is 0.264. The second-order valence-electron chi connectivity index (χ2n) is 6.44. The van der Waals surface area contributed by atoms with Crippen LogP contribution < -0.4 is 4.90 Å². The van der Waals surface area contributed by atoms with Crippen molar-refractivity contribution in [3.8, 4) is 0 Å². The first-order chi connectivity index (χ1) is 11.1. The first kappa shape index (κ1) is 14.1. The lowest BCUT2D eigenvalue weighted by atomic mass is 10.1. The fraction of sp³-hybridized carbons (Fsp3) is 0.316. The first-order valence-corrected chi connectivity index (χ1v) is 8.09. The van der Waals surface area contributed by atoms with Crippen LogP contribution in [-0.4, -0.2) is 22.1 Å². The molecule has 0 fully saturated rings. The van der Waals surface area contributed by atoms with Crippen LogP contribution in [0.1, 0.15) is 26.3 Å². The highest BCUT2D eigenvalue weighted by molar-refractivity contribution is 6.07. The van der Waals surface area contributed by atoms with Gasteiger partial charge in [0.15, 0.2) is 11.2 Å². The zero-order valence-electron chi connectivity index (χ0n) is 13.9. The SMILES string of the molecule is Cc1ccc2c(oc3cccnc32)c1N1C=CN(C(C)C)[C@@H]1C. The number of nitrogens with zero attached hydrogens (tertiary/aromatic N) is 3. The van der Waals surface area contributed by atoms with Crippen LogP contribution in [0.25, 0.3) is 22.1 Å². The molecular weight excluding hydrogens is 286 g/mol. The molecule has 1 aliphatic rings. The third-order valence-corrected chi connectivity index (χ3v) is 4.66. The van der Waals surface area contributed by atoms with E-state index in [4.69, 9.17) is 4.42 Å². The van der Waals surface area contributed by atoms with E-state index in [2.05, 4.69) is 67.0 Å². The lowest BCUT2D eigenvalue weighted by molar-refractivity contribution is 0.263. The smallest absolute Gasteiger partial charge is 0.161 e. The summed E-state index contributed by atoms with van der Waals surface area (Å²) in [6.07, 6.45) is 6.39. The summed E-state index contributed by atoms with van der Waals surface area (Å²) in [7, 11) is 0. The standard InChI is InChI=1S/C19H21N3O/c1-12(2)21-10-11-22(14(21)4)18-13(3)7-8-15-17-16(23-19(15)18)6-5-9-20-17/h5-12,14H,1-4H3/t14-/m0/s1. The lowest BCUT2D eigenvalue weighted by Gasteiger charge is -2.33. The van der Waals surface area contributed by atoms with E-state index in [1.807, 2.05) is 18.3 Å². The van der Waals surface area contributed by atoms with E-state index in [-0.39, 0.29) is 6.17 Å². The van der Waals surface area contributed by atoms with Crippen LogP contribution in [0.4, 0.5) is 5.69 Å². The molecule has 23 heavy (non-hydrogen) atoms. The molecule has 0 saturated heterocycles. The number of benzene rings is 1. The number of hydrogen-bond donors (Lipinski definition) is 0. The molecule has 0 N–H and O–H groups in total. The number of fused-ring (bicyclic) bond motifs is 3. The van der Waals surface area contributed by atoms with E-state index in [1.165, 1.54) is 5.56 Å². The van der Waals surface area contributed by atoms with Crippen LogP contribution in [0.5, 0.6) is 0 Å². The maximum atomic E-state index is 6.16. The van der Waals surface area contributed by atoms with Crippen LogP contribution in [0.2, 0.25) is 0 Å². The van der Waals surface area contributed by atoms with Crippen LogP contribution in [0, 0.1) is 6.92 Å². The van der Waals surface area contributed by atoms with Gasteiger partial charge in [-0.2, -0.15) is 0 Å². The van der Waals surface area contributed by atoms with Crippen molar-refractivity contribution in [3.63, 3.8) is 0 Å².